The number of hydrogen-bond donors (Lipinski definition) is 1. The van der Waals surface area contributed by atoms with Crippen LogP contribution in [-0.4, -0.2) is 26.1 Å². The average Bonchev–Trinajstić information content (AvgIpc) is 2.95. The molecular formula is C13H21N5. The molecule has 1 N–H and O–H groups in total. The van der Waals surface area contributed by atoms with E-state index in [4.69, 9.17) is 0 Å². The molecule has 0 spiro atoms. The van der Waals surface area contributed by atoms with Crippen LogP contribution in [0.4, 0.5) is 0 Å². The van der Waals surface area contributed by atoms with Gasteiger partial charge in [-0.3, -0.25) is 9.36 Å². The van der Waals surface area contributed by atoms with Gasteiger partial charge in [0, 0.05) is 51.2 Å². The quantitative estimate of drug-likeness (QED) is 0.752. The van der Waals surface area contributed by atoms with Gasteiger partial charge < -0.3 is 5.32 Å². The van der Waals surface area contributed by atoms with E-state index in [1.807, 2.05) is 24.1 Å². The second kappa shape index (κ2) is 6.35. The van der Waals surface area contributed by atoms with Crippen LogP contribution in [0.2, 0.25) is 0 Å². The second-order valence-corrected chi connectivity index (χ2v) is 4.42. The van der Waals surface area contributed by atoms with Gasteiger partial charge in [0.25, 0.3) is 0 Å². The number of nitrogens with one attached hydrogen (secondary N) is 1. The summed E-state index contributed by atoms with van der Waals surface area (Å²) in [4.78, 5) is 0. The molecule has 0 bridgehead atoms. The molecule has 5 heteroatoms. The summed E-state index contributed by atoms with van der Waals surface area (Å²) in [6.45, 7) is 4.99. The normalized spacial score (nSPS) is 11.0. The van der Waals surface area contributed by atoms with E-state index in [-0.39, 0.29) is 0 Å². The Hall–Kier alpha value is -1.62. The largest absolute Gasteiger partial charge is 0.311 e. The Morgan fingerprint density at radius 1 is 1.17 bits per heavy atom. The molecule has 5 nitrogen and oxygen atoms in total. The van der Waals surface area contributed by atoms with Crippen molar-refractivity contribution in [3.63, 3.8) is 0 Å². The van der Waals surface area contributed by atoms with Crippen LogP contribution >= 0.6 is 0 Å². The lowest BCUT2D eigenvalue weighted by atomic mass is 10.3. The lowest BCUT2D eigenvalue weighted by molar-refractivity contribution is 0.547. The van der Waals surface area contributed by atoms with E-state index < -0.39 is 0 Å². The number of aromatic nitrogens is 4. The molecule has 0 atom stereocenters. The van der Waals surface area contributed by atoms with Crippen molar-refractivity contribution in [3.8, 4) is 0 Å². The Balaban J connectivity index is 1.75. The van der Waals surface area contributed by atoms with Crippen LogP contribution in [0.1, 0.15) is 24.7 Å². The average molecular weight is 247 g/mol. The first kappa shape index (κ1) is 12.8. The molecule has 0 aliphatic carbocycles. The summed E-state index contributed by atoms with van der Waals surface area (Å²) < 4.78 is 3.99. The van der Waals surface area contributed by atoms with E-state index in [2.05, 4.69) is 39.3 Å². The summed E-state index contributed by atoms with van der Waals surface area (Å²) in [7, 11) is 1.98. The predicted molar refractivity (Wildman–Crippen MR) is 71.1 cm³/mol. The molecule has 98 valence electrons. The van der Waals surface area contributed by atoms with Crippen molar-refractivity contribution in [3.05, 3.63) is 35.9 Å². The predicted octanol–water partition coefficient (Wildman–Crippen LogP) is 1.36. The highest BCUT2D eigenvalue weighted by Gasteiger charge is 2.02. The highest BCUT2D eigenvalue weighted by Crippen LogP contribution is 2.00. The third-order valence-electron chi connectivity index (χ3n) is 3.03. The van der Waals surface area contributed by atoms with E-state index in [9.17, 15) is 0 Å². The Morgan fingerprint density at radius 2 is 1.94 bits per heavy atom. The fourth-order valence-corrected chi connectivity index (χ4v) is 2.00. The molecule has 0 aromatic carbocycles. The first-order valence-corrected chi connectivity index (χ1v) is 6.49. The zero-order valence-electron chi connectivity index (χ0n) is 11.1. The second-order valence-electron chi connectivity index (χ2n) is 4.42. The Labute approximate surface area is 108 Å². The molecule has 2 aromatic rings. The minimum Gasteiger partial charge on any atom is -0.311 e. The molecule has 0 fully saturated rings. The molecule has 2 aromatic heterocycles. The maximum atomic E-state index is 4.31. The Bertz CT molecular complexity index is 471. The van der Waals surface area contributed by atoms with Crippen molar-refractivity contribution >= 4 is 0 Å². The highest BCUT2D eigenvalue weighted by atomic mass is 15.3. The first-order valence-electron chi connectivity index (χ1n) is 6.49. The van der Waals surface area contributed by atoms with Gasteiger partial charge in [0.1, 0.15) is 0 Å². The molecule has 18 heavy (non-hydrogen) atoms. The summed E-state index contributed by atoms with van der Waals surface area (Å²) in [5.74, 6) is 0. The fourth-order valence-electron chi connectivity index (χ4n) is 2.00. The number of rotatable bonds is 7. The third-order valence-corrected chi connectivity index (χ3v) is 3.03. The van der Waals surface area contributed by atoms with Gasteiger partial charge >= 0.3 is 0 Å². The van der Waals surface area contributed by atoms with E-state index in [1.165, 1.54) is 11.4 Å². The van der Waals surface area contributed by atoms with Crippen molar-refractivity contribution < 1.29 is 0 Å². The van der Waals surface area contributed by atoms with Crippen molar-refractivity contribution in [2.75, 3.05) is 6.54 Å². The van der Waals surface area contributed by atoms with Crippen LogP contribution in [0, 0.1) is 0 Å². The third kappa shape index (κ3) is 3.20. The standard InChI is InChI=1S/C13H21N5/c1-3-10-18-13(6-9-16-18)11-14-7-4-12-5-8-15-17(12)2/h5-6,8-9,14H,3-4,7,10-11H2,1-2H3. The number of hydrogen-bond acceptors (Lipinski definition) is 3. The molecule has 0 amide bonds. The first-order chi connectivity index (χ1) is 8.81. The van der Waals surface area contributed by atoms with E-state index in [0.29, 0.717) is 0 Å². The van der Waals surface area contributed by atoms with E-state index >= 15 is 0 Å². The molecule has 2 heterocycles. The van der Waals surface area contributed by atoms with Crippen molar-refractivity contribution in [1.29, 1.82) is 0 Å². The number of nitrogens with zero attached hydrogens (tertiary/aromatic N) is 4. The van der Waals surface area contributed by atoms with Gasteiger partial charge in [-0.05, 0) is 18.6 Å². The Morgan fingerprint density at radius 3 is 2.67 bits per heavy atom. The van der Waals surface area contributed by atoms with Crippen LogP contribution in [-0.2, 0) is 26.6 Å². The maximum Gasteiger partial charge on any atom is 0.0522 e. The Kier molecular flexibility index (Phi) is 4.52. The molecule has 0 radical (unpaired) electrons. The zero-order valence-corrected chi connectivity index (χ0v) is 11.1. The number of aryl methyl sites for hydroxylation is 2. The zero-order chi connectivity index (χ0) is 12.8. The fraction of sp³-hybridized carbons (Fsp3) is 0.538. The minimum absolute atomic E-state index is 0.873. The summed E-state index contributed by atoms with van der Waals surface area (Å²) in [5.41, 5.74) is 2.51. The van der Waals surface area contributed by atoms with Crippen molar-refractivity contribution in [2.45, 2.75) is 32.9 Å². The van der Waals surface area contributed by atoms with Gasteiger partial charge in [-0.15, -0.1) is 0 Å². The monoisotopic (exact) mass is 247 g/mol. The molecule has 0 saturated heterocycles. The van der Waals surface area contributed by atoms with Crippen LogP contribution in [0.5, 0.6) is 0 Å². The van der Waals surface area contributed by atoms with Crippen LogP contribution < -0.4 is 5.32 Å². The molecule has 2 rings (SSSR count). The van der Waals surface area contributed by atoms with Crippen LogP contribution in [0.25, 0.3) is 0 Å². The van der Waals surface area contributed by atoms with Gasteiger partial charge in [0.15, 0.2) is 0 Å². The molecule has 0 unspecified atom stereocenters. The van der Waals surface area contributed by atoms with Crippen LogP contribution in [0.3, 0.4) is 0 Å². The summed E-state index contributed by atoms with van der Waals surface area (Å²) in [5, 5.41) is 11.9. The van der Waals surface area contributed by atoms with E-state index in [1.54, 1.807) is 0 Å². The molecule has 0 aliphatic heterocycles. The van der Waals surface area contributed by atoms with Gasteiger partial charge in [0.2, 0.25) is 0 Å². The highest BCUT2D eigenvalue weighted by molar-refractivity contribution is 5.02. The molecule has 0 aliphatic rings. The molecule has 0 saturated carbocycles. The lowest BCUT2D eigenvalue weighted by Gasteiger charge is -2.08. The summed E-state index contributed by atoms with van der Waals surface area (Å²) >= 11 is 0. The molecular weight excluding hydrogens is 226 g/mol. The van der Waals surface area contributed by atoms with Gasteiger partial charge in [-0.25, -0.2) is 0 Å². The summed E-state index contributed by atoms with van der Waals surface area (Å²) in [6.07, 6.45) is 5.82. The maximum absolute atomic E-state index is 4.31. The van der Waals surface area contributed by atoms with Gasteiger partial charge in [-0.1, -0.05) is 6.92 Å². The van der Waals surface area contributed by atoms with Crippen molar-refractivity contribution in [2.24, 2.45) is 7.05 Å². The summed E-state index contributed by atoms with van der Waals surface area (Å²) in [6, 6.07) is 4.13. The van der Waals surface area contributed by atoms with Gasteiger partial charge in [-0.2, -0.15) is 10.2 Å². The van der Waals surface area contributed by atoms with Gasteiger partial charge in [0.05, 0.1) is 5.69 Å². The van der Waals surface area contributed by atoms with E-state index in [0.717, 1.165) is 32.5 Å². The smallest absolute Gasteiger partial charge is 0.0522 e. The lowest BCUT2D eigenvalue weighted by Crippen LogP contribution is -2.20. The van der Waals surface area contributed by atoms with Crippen LogP contribution in [0.15, 0.2) is 24.5 Å². The van der Waals surface area contributed by atoms with Crippen molar-refractivity contribution in [1.82, 2.24) is 24.9 Å². The SMILES string of the molecule is CCCn1nccc1CNCCc1ccnn1C. The topological polar surface area (TPSA) is 47.7 Å². The minimum atomic E-state index is 0.873.